The molecule has 8 heteroatoms. The molecule has 2 aliphatic heterocycles. The number of carbonyl (C=O) groups is 2. The second kappa shape index (κ2) is 7.33. The Morgan fingerprint density at radius 3 is 2.32 bits per heavy atom. The fourth-order valence-corrected chi connectivity index (χ4v) is 10.0. The van der Waals surface area contributed by atoms with Crippen molar-refractivity contribution in [1.29, 1.82) is 0 Å². The zero-order valence-electron chi connectivity index (χ0n) is 18.2. The molecule has 1 N–H and O–H groups in total. The van der Waals surface area contributed by atoms with E-state index in [1.165, 1.54) is 27.4 Å². The van der Waals surface area contributed by atoms with E-state index < -0.39 is 0 Å². The second-order valence-electron chi connectivity index (χ2n) is 9.86. The number of fused-ring (bicyclic) bond motifs is 9. The lowest BCUT2D eigenvalue weighted by atomic mass is 9.68. The van der Waals surface area contributed by atoms with Gasteiger partial charge in [-0.3, -0.25) is 19.3 Å². The van der Waals surface area contributed by atoms with Crippen molar-refractivity contribution in [3.8, 4) is 0 Å². The molecule has 34 heavy (non-hydrogen) atoms. The molecule has 2 aliphatic carbocycles. The molecule has 4 aliphatic rings. The van der Waals surface area contributed by atoms with Crippen molar-refractivity contribution < 1.29 is 9.59 Å². The fraction of sp³-hybridized carbons (Fsp3) is 0.346. The quantitative estimate of drug-likeness (QED) is 0.490. The minimum atomic E-state index is -0.291. The molecule has 172 valence electrons. The highest BCUT2D eigenvalue weighted by atomic mass is 35.5. The topological polar surface area (TPSA) is 70.2 Å². The van der Waals surface area contributed by atoms with Crippen LogP contribution in [0.2, 0.25) is 5.02 Å². The Morgan fingerprint density at radius 2 is 1.62 bits per heavy atom. The summed E-state index contributed by atoms with van der Waals surface area (Å²) in [7, 11) is 0. The molecule has 0 spiro atoms. The van der Waals surface area contributed by atoms with Gasteiger partial charge in [-0.1, -0.05) is 52.8 Å². The number of rotatable bonds is 2. The zero-order chi connectivity index (χ0) is 23.3. The Kier molecular flexibility index (Phi) is 4.52. The number of hydrogen-bond acceptors (Lipinski definition) is 5. The maximum atomic E-state index is 13.7. The number of carbonyl (C=O) groups excluding carboxylic acids is 2. The molecule has 2 aromatic carbocycles. The molecular formula is C26H21ClN2O3S2. The number of thiazole rings is 1. The molecule has 2 amide bonds. The molecule has 1 saturated heterocycles. The normalized spacial score (nSPS) is 33.2. The van der Waals surface area contributed by atoms with Crippen molar-refractivity contribution >= 4 is 52.2 Å². The summed E-state index contributed by atoms with van der Waals surface area (Å²) < 4.78 is 0. The molecule has 3 fully saturated rings. The predicted octanol–water partition coefficient (Wildman–Crippen LogP) is 5.08. The molecule has 0 unspecified atom stereocenters. The SMILES string of the molecule is Cc1ccc([C@@H]2c3sc(=O)[nH]c3S[C@@H]3[C@H]4C[C@@H]([C@@H]5C(=O)N(c6ccc(Cl)cc6)C(=O)[C@H]45)[C@@H]23)cc1. The van der Waals surface area contributed by atoms with Crippen LogP contribution in [-0.4, -0.2) is 22.0 Å². The van der Waals surface area contributed by atoms with E-state index in [-0.39, 0.29) is 57.4 Å². The number of amides is 2. The van der Waals surface area contributed by atoms with E-state index in [4.69, 9.17) is 11.6 Å². The molecule has 3 heterocycles. The van der Waals surface area contributed by atoms with E-state index in [1.807, 2.05) is 0 Å². The summed E-state index contributed by atoms with van der Waals surface area (Å²) in [5, 5.41) is 1.72. The number of halogens is 1. The monoisotopic (exact) mass is 508 g/mol. The lowest BCUT2D eigenvalue weighted by Crippen LogP contribution is -2.42. The van der Waals surface area contributed by atoms with Gasteiger partial charge in [0.25, 0.3) is 0 Å². The maximum Gasteiger partial charge on any atom is 0.305 e. The van der Waals surface area contributed by atoms with E-state index in [9.17, 15) is 14.4 Å². The van der Waals surface area contributed by atoms with Gasteiger partial charge < -0.3 is 4.98 Å². The third kappa shape index (κ3) is 2.77. The number of anilines is 1. The Labute approximate surface area is 209 Å². The van der Waals surface area contributed by atoms with Gasteiger partial charge in [-0.25, -0.2) is 0 Å². The van der Waals surface area contributed by atoms with Crippen LogP contribution in [0.1, 0.15) is 28.3 Å². The summed E-state index contributed by atoms with van der Waals surface area (Å²) in [6.07, 6.45) is 0.894. The number of H-pyrrole nitrogens is 1. The number of aryl methyl sites for hydroxylation is 1. The van der Waals surface area contributed by atoms with E-state index in [1.54, 1.807) is 36.0 Å². The van der Waals surface area contributed by atoms with Gasteiger partial charge in [0.1, 0.15) is 0 Å². The highest BCUT2D eigenvalue weighted by molar-refractivity contribution is 8.00. The number of benzene rings is 2. The Morgan fingerprint density at radius 1 is 0.941 bits per heavy atom. The molecule has 7 rings (SSSR count). The molecule has 0 radical (unpaired) electrons. The Balaban J connectivity index is 1.32. The molecule has 1 aromatic heterocycles. The van der Waals surface area contributed by atoms with Gasteiger partial charge in [0, 0.05) is 21.1 Å². The van der Waals surface area contributed by atoms with Crippen LogP contribution in [0.15, 0.2) is 58.4 Å². The molecule has 2 saturated carbocycles. The highest BCUT2D eigenvalue weighted by Crippen LogP contribution is 2.68. The van der Waals surface area contributed by atoms with E-state index in [2.05, 4.69) is 36.2 Å². The van der Waals surface area contributed by atoms with Crippen LogP contribution in [0.25, 0.3) is 0 Å². The third-order valence-electron chi connectivity index (χ3n) is 8.25. The van der Waals surface area contributed by atoms with Crippen LogP contribution in [0.4, 0.5) is 5.69 Å². The third-order valence-corrected chi connectivity index (χ3v) is 11.1. The maximum absolute atomic E-state index is 13.7. The standard InChI is InChI=1S/C26H21ClN2O3S2/c1-11-2-4-12(5-3-11)17-18-15-10-16(21(18)33-23-22(17)34-26(32)28-23)20-19(15)24(30)29(25(20)31)14-8-6-13(27)7-9-14/h2-9,15-21H,10H2,1H3,(H,28,32)/t15-,16+,17+,18+,19+,20-,21-/m1/s1. The first-order valence-electron chi connectivity index (χ1n) is 11.5. The summed E-state index contributed by atoms with van der Waals surface area (Å²) in [6, 6.07) is 15.5. The summed E-state index contributed by atoms with van der Waals surface area (Å²) in [6.45, 7) is 2.07. The van der Waals surface area contributed by atoms with E-state index in [0.29, 0.717) is 10.7 Å². The summed E-state index contributed by atoms with van der Waals surface area (Å²) in [5.41, 5.74) is 2.98. The smallest absolute Gasteiger partial charge is 0.305 e. The lowest BCUT2D eigenvalue weighted by molar-refractivity contribution is -0.123. The van der Waals surface area contributed by atoms with Crippen LogP contribution in [-0.2, 0) is 9.59 Å². The second-order valence-corrected chi connectivity index (χ2v) is 12.5. The van der Waals surface area contributed by atoms with Crippen molar-refractivity contribution in [3.05, 3.63) is 79.2 Å². The van der Waals surface area contributed by atoms with Crippen molar-refractivity contribution in [2.24, 2.45) is 29.6 Å². The predicted molar refractivity (Wildman–Crippen MR) is 134 cm³/mol. The van der Waals surface area contributed by atoms with Crippen LogP contribution in [0.3, 0.4) is 0 Å². The number of hydrogen-bond donors (Lipinski definition) is 1. The number of aromatic nitrogens is 1. The summed E-state index contributed by atoms with van der Waals surface area (Å²) in [5.74, 6) is -0.202. The van der Waals surface area contributed by atoms with Gasteiger partial charge in [0.2, 0.25) is 11.8 Å². The minimum Gasteiger partial charge on any atom is -0.307 e. The number of aromatic amines is 1. The first-order chi connectivity index (χ1) is 16.4. The first-order valence-corrected chi connectivity index (χ1v) is 13.6. The molecular weight excluding hydrogens is 488 g/mol. The molecule has 5 nitrogen and oxygen atoms in total. The van der Waals surface area contributed by atoms with Crippen LogP contribution in [0, 0.1) is 36.5 Å². The van der Waals surface area contributed by atoms with Crippen molar-refractivity contribution in [2.45, 2.75) is 29.5 Å². The summed E-state index contributed by atoms with van der Waals surface area (Å²) in [4.78, 5) is 45.1. The average molecular weight is 509 g/mol. The molecule has 7 atom stereocenters. The van der Waals surface area contributed by atoms with Gasteiger partial charge in [-0.15, -0.1) is 11.8 Å². The average Bonchev–Trinajstić information content (AvgIpc) is 3.54. The fourth-order valence-electron chi connectivity index (χ4n) is 7.01. The lowest BCUT2D eigenvalue weighted by Gasteiger charge is -2.43. The molecule has 3 aromatic rings. The van der Waals surface area contributed by atoms with Gasteiger partial charge >= 0.3 is 4.87 Å². The number of nitrogens with zero attached hydrogens (tertiary/aromatic N) is 1. The van der Waals surface area contributed by atoms with E-state index >= 15 is 0 Å². The van der Waals surface area contributed by atoms with Crippen molar-refractivity contribution in [3.63, 3.8) is 0 Å². The number of imide groups is 1. The van der Waals surface area contributed by atoms with E-state index in [0.717, 1.165) is 16.3 Å². The number of nitrogens with one attached hydrogen (secondary N) is 1. The van der Waals surface area contributed by atoms with Gasteiger partial charge in [0.15, 0.2) is 0 Å². The van der Waals surface area contributed by atoms with Crippen LogP contribution < -0.4 is 9.77 Å². The highest BCUT2D eigenvalue weighted by Gasteiger charge is 2.69. The number of thioether (sulfide) groups is 1. The Hall–Kier alpha value is -2.35. The van der Waals surface area contributed by atoms with Crippen molar-refractivity contribution in [2.75, 3.05) is 4.90 Å². The van der Waals surface area contributed by atoms with Crippen LogP contribution >= 0.6 is 34.7 Å². The van der Waals surface area contributed by atoms with Gasteiger partial charge in [-0.05, 0) is 60.9 Å². The van der Waals surface area contributed by atoms with Crippen molar-refractivity contribution in [1.82, 2.24) is 4.98 Å². The molecule has 2 bridgehead atoms. The van der Waals surface area contributed by atoms with Gasteiger partial charge in [0.05, 0.1) is 22.5 Å². The van der Waals surface area contributed by atoms with Crippen LogP contribution in [0.5, 0.6) is 0 Å². The summed E-state index contributed by atoms with van der Waals surface area (Å²) >= 11 is 9.05. The zero-order valence-corrected chi connectivity index (χ0v) is 20.6. The largest absolute Gasteiger partial charge is 0.307 e. The Bertz CT molecular complexity index is 1400. The first kappa shape index (κ1) is 21.0. The van der Waals surface area contributed by atoms with Gasteiger partial charge in [-0.2, -0.15) is 0 Å². The minimum absolute atomic E-state index is 0.0387.